The van der Waals surface area contributed by atoms with E-state index in [1.807, 2.05) is 35.9 Å². The van der Waals surface area contributed by atoms with Gasteiger partial charge in [0.15, 0.2) is 0 Å². The summed E-state index contributed by atoms with van der Waals surface area (Å²) < 4.78 is 2.03. The van der Waals surface area contributed by atoms with E-state index in [1.165, 1.54) is 0 Å². The zero-order chi connectivity index (χ0) is 13.2. The minimum Gasteiger partial charge on any atom is -0.388 e. The van der Waals surface area contributed by atoms with Gasteiger partial charge in [0.25, 0.3) is 0 Å². The van der Waals surface area contributed by atoms with Crippen molar-refractivity contribution in [2.75, 3.05) is 6.54 Å². The Labute approximate surface area is 107 Å². The third kappa shape index (κ3) is 2.40. The molecule has 1 atom stereocenters. The molecule has 0 bridgehead atoms. The summed E-state index contributed by atoms with van der Waals surface area (Å²) in [7, 11) is 1.98. The Morgan fingerprint density at radius 1 is 1.39 bits per heavy atom. The first-order chi connectivity index (χ1) is 8.59. The van der Waals surface area contributed by atoms with Gasteiger partial charge in [0, 0.05) is 20.0 Å². The van der Waals surface area contributed by atoms with Crippen LogP contribution in [0.1, 0.15) is 25.6 Å². The van der Waals surface area contributed by atoms with Gasteiger partial charge in [-0.25, -0.2) is 4.98 Å². The zero-order valence-electron chi connectivity index (χ0n) is 11.1. The van der Waals surface area contributed by atoms with Crippen LogP contribution >= 0.6 is 0 Å². The number of nitrogens with zero attached hydrogens (tertiary/aromatic N) is 2. The van der Waals surface area contributed by atoms with Crippen LogP contribution in [0.5, 0.6) is 0 Å². The fourth-order valence-corrected chi connectivity index (χ4v) is 2.38. The second-order valence-corrected chi connectivity index (χ2v) is 4.93. The molecule has 0 saturated carbocycles. The fourth-order valence-electron chi connectivity index (χ4n) is 2.38. The number of fused-ring (bicyclic) bond motifs is 1. The summed E-state index contributed by atoms with van der Waals surface area (Å²) in [5, 5.41) is 10.4. The lowest BCUT2D eigenvalue weighted by Gasteiger charge is -2.25. The van der Waals surface area contributed by atoms with Crippen LogP contribution in [0, 0.1) is 0 Å². The van der Waals surface area contributed by atoms with Gasteiger partial charge in [0.05, 0.1) is 16.6 Å². The molecule has 0 saturated heterocycles. The van der Waals surface area contributed by atoms with Crippen molar-refractivity contribution in [3.05, 3.63) is 30.1 Å². The summed E-state index contributed by atoms with van der Waals surface area (Å²) in [4.78, 5) is 4.57. The number of hydrogen-bond donors (Lipinski definition) is 2. The number of para-hydroxylation sites is 2. The quantitative estimate of drug-likeness (QED) is 0.843. The van der Waals surface area contributed by atoms with Crippen molar-refractivity contribution in [2.45, 2.75) is 31.8 Å². The second-order valence-electron chi connectivity index (χ2n) is 4.93. The lowest BCUT2D eigenvalue weighted by Crippen LogP contribution is -2.40. The predicted molar refractivity (Wildman–Crippen MR) is 73.3 cm³/mol. The smallest absolute Gasteiger partial charge is 0.112 e. The molecule has 0 radical (unpaired) electrons. The largest absolute Gasteiger partial charge is 0.388 e. The van der Waals surface area contributed by atoms with Crippen molar-refractivity contribution in [3.63, 3.8) is 0 Å². The fraction of sp³-hybridized carbons (Fsp3) is 0.500. The molecule has 0 amide bonds. The van der Waals surface area contributed by atoms with Gasteiger partial charge >= 0.3 is 0 Å². The van der Waals surface area contributed by atoms with Crippen LogP contribution in [0.25, 0.3) is 11.0 Å². The van der Waals surface area contributed by atoms with Crippen molar-refractivity contribution in [2.24, 2.45) is 12.8 Å². The maximum Gasteiger partial charge on any atom is 0.112 e. The molecule has 1 heterocycles. The van der Waals surface area contributed by atoms with E-state index in [9.17, 15) is 5.11 Å². The zero-order valence-corrected chi connectivity index (χ0v) is 11.1. The van der Waals surface area contributed by atoms with Gasteiger partial charge in [-0.15, -0.1) is 0 Å². The van der Waals surface area contributed by atoms with Crippen LogP contribution < -0.4 is 5.73 Å². The minimum atomic E-state index is -0.843. The average Bonchev–Trinajstić information content (AvgIpc) is 2.67. The summed E-state index contributed by atoms with van der Waals surface area (Å²) in [6, 6.07) is 7.99. The molecule has 0 aliphatic carbocycles. The standard InChI is InChI=1S/C14H21N3O/c1-3-8-14(18,10-15)9-13-16-11-6-4-5-7-12(11)17(13)2/h4-7,18H,3,8-10,15H2,1-2H3. The summed E-state index contributed by atoms with van der Waals surface area (Å²) in [6.45, 7) is 2.32. The van der Waals surface area contributed by atoms with E-state index >= 15 is 0 Å². The minimum absolute atomic E-state index is 0.268. The Morgan fingerprint density at radius 3 is 2.72 bits per heavy atom. The molecule has 4 nitrogen and oxygen atoms in total. The van der Waals surface area contributed by atoms with Crippen LogP contribution in [-0.2, 0) is 13.5 Å². The molecule has 1 aromatic carbocycles. The molecule has 1 unspecified atom stereocenters. The molecular formula is C14H21N3O. The van der Waals surface area contributed by atoms with Crippen molar-refractivity contribution >= 4 is 11.0 Å². The van der Waals surface area contributed by atoms with Gasteiger partial charge in [-0.05, 0) is 18.6 Å². The number of nitrogens with two attached hydrogens (primary N) is 1. The summed E-state index contributed by atoms with van der Waals surface area (Å²) >= 11 is 0. The molecule has 0 fully saturated rings. The third-order valence-corrected chi connectivity index (χ3v) is 3.46. The normalized spacial score (nSPS) is 14.9. The van der Waals surface area contributed by atoms with E-state index in [2.05, 4.69) is 11.9 Å². The Kier molecular flexibility index (Phi) is 3.68. The SMILES string of the molecule is CCCC(O)(CN)Cc1nc2ccccc2n1C. The van der Waals surface area contributed by atoms with Gasteiger partial charge in [-0.2, -0.15) is 0 Å². The van der Waals surface area contributed by atoms with E-state index in [0.29, 0.717) is 12.8 Å². The van der Waals surface area contributed by atoms with Crippen LogP contribution in [0.3, 0.4) is 0 Å². The predicted octanol–water partition coefficient (Wildman–Crippen LogP) is 1.61. The average molecular weight is 247 g/mol. The maximum atomic E-state index is 10.4. The number of imidazole rings is 1. The highest BCUT2D eigenvalue weighted by molar-refractivity contribution is 5.75. The Bertz CT molecular complexity index is 535. The number of aryl methyl sites for hydroxylation is 1. The van der Waals surface area contributed by atoms with Crippen molar-refractivity contribution in [1.29, 1.82) is 0 Å². The van der Waals surface area contributed by atoms with Crippen molar-refractivity contribution < 1.29 is 5.11 Å². The van der Waals surface area contributed by atoms with Gasteiger partial charge < -0.3 is 15.4 Å². The molecule has 98 valence electrons. The van der Waals surface area contributed by atoms with Gasteiger partial charge in [0.2, 0.25) is 0 Å². The van der Waals surface area contributed by atoms with Crippen molar-refractivity contribution in [3.8, 4) is 0 Å². The molecule has 4 heteroatoms. The molecular weight excluding hydrogens is 226 g/mol. The molecule has 0 aliphatic heterocycles. The monoisotopic (exact) mass is 247 g/mol. The van der Waals surface area contributed by atoms with E-state index in [1.54, 1.807) is 0 Å². The molecule has 18 heavy (non-hydrogen) atoms. The Balaban J connectivity index is 2.34. The molecule has 3 N–H and O–H groups in total. The second kappa shape index (κ2) is 5.08. The van der Waals surface area contributed by atoms with Crippen LogP contribution in [0.4, 0.5) is 0 Å². The topological polar surface area (TPSA) is 64.1 Å². The van der Waals surface area contributed by atoms with E-state index in [0.717, 1.165) is 23.3 Å². The third-order valence-electron chi connectivity index (χ3n) is 3.46. The highest BCUT2D eigenvalue weighted by atomic mass is 16.3. The summed E-state index contributed by atoms with van der Waals surface area (Å²) in [5.74, 6) is 0.887. The Hall–Kier alpha value is -1.39. The van der Waals surface area contributed by atoms with Crippen LogP contribution in [0.2, 0.25) is 0 Å². The Morgan fingerprint density at radius 2 is 2.11 bits per heavy atom. The first-order valence-corrected chi connectivity index (χ1v) is 6.42. The molecule has 0 spiro atoms. The number of rotatable bonds is 5. The van der Waals surface area contributed by atoms with E-state index < -0.39 is 5.60 Å². The lowest BCUT2D eigenvalue weighted by molar-refractivity contribution is 0.0374. The van der Waals surface area contributed by atoms with E-state index in [-0.39, 0.29) is 6.54 Å². The molecule has 0 aliphatic rings. The first kappa shape index (κ1) is 13.1. The summed E-state index contributed by atoms with van der Waals surface area (Å²) in [6.07, 6.45) is 2.12. The number of aromatic nitrogens is 2. The van der Waals surface area contributed by atoms with Gasteiger partial charge in [-0.1, -0.05) is 25.5 Å². The molecule has 2 aromatic rings. The number of aliphatic hydroxyl groups is 1. The number of hydrogen-bond acceptors (Lipinski definition) is 3. The van der Waals surface area contributed by atoms with Crippen LogP contribution in [0.15, 0.2) is 24.3 Å². The maximum absolute atomic E-state index is 10.4. The van der Waals surface area contributed by atoms with E-state index in [4.69, 9.17) is 5.73 Å². The molecule has 2 rings (SSSR count). The first-order valence-electron chi connectivity index (χ1n) is 6.42. The van der Waals surface area contributed by atoms with Gasteiger partial charge in [0.1, 0.15) is 5.82 Å². The van der Waals surface area contributed by atoms with Crippen molar-refractivity contribution in [1.82, 2.24) is 9.55 Å². The van der Waals surface area contributed by atoms with Gasteiger partial charge in [-0.3, -0.25) is 0 Å². The summed E-state index contributed by atoms with van der Waals surface area (Å²) in [5.41, 5.74) is 6.91. The number of benzene rings is 1. The van der Waals surface area contributed by atoms with Crippen LogP contribution in [-0.4, -0.2) is 26.8 Å². The lowest BCUT2D eigenvalue weighted by atomic mass is 9.94. The highest BCUT2D eigenvalue weighted by Gasteiger charge is 2.26. The highest BCUT2D eigenvalue weighted by Crippen LogP contribution is 2.21. The molecule has 1 aromatic heterocycles.